The highest BCUT2D eigenvalue weighted by atomic mass is 19.1. The summed E-state index contributed by atoms with van der Waals surface area (Å²) in [6.07, 6.45) is 16.1. The standard InChI is InChI=1S/C45H58F2N4O6/c1-5-6-7-8-9-10-11-12-13-14-15-20-38(52)48-26-32-18-16-17-19-35(32)44(56)57-41-39-43(55)50-29-45(4,30(2)21-22-31(50)3)51(39)28-36(40(41)53)42(54)49-27-33-23-24-34(46)25-37(33)47/h16-19,23-25,28,30-31H,5-15,20-22,26-27,29H2,1-4H3,(H,48,52)(H,49,54). The van der Waals surface area contributed by atoms with Gasteiger partial charge in [0, 0.05) is 49.9 Å². The number of hydrogen-bond acceptors (Lipinski definition) is 6. The van der Waals surface area contributed by atoms with Gasteiger partial charge in [0.25, 0.3) is 11.8 Å². The minimum atomic E-state index is -0.985. The molecule has 2 aliphatic rings. The Kier molecular flexibility index (Phi) is 15.2. The van der Waals surface area contributed by atoms with E-state index in [1.807, 2.05) is 20.8 Å². The van der Waals surface area contributed by atoms with E-state index in [2.05, 4.69) is 17.6 Å². The van der Waals surface area contributed by atoms with E-state index in [0.717, 1.165) is 31.7 Å². The van der Waals surface area contributed by atoms with E-state index in [9.17, 15) is 32.8 Å². The fraction of sp³-hybridized carbons (Fsp3) is 0.533. The van der Waals surface area contributed by atoms with Crippen molar-refractivity contribution in [2.45, 2.75) is 142 Å². The molecule has 0 spiro atoms. The number of unbranched alkanes of at least 4 members (excludes halogenated alkanes) is 10. The quantitative estimate of drug-likeness (QED) is 0.0926. The van der Waals surface area contributed by atoms with Crippen LogP contribution in [0.25, 0.3) is 0 Å². The molecule has 3 aromatic rings. The van der Waals surface area contributed by atoms with Crippen LogP contribution in [0.2, 0.25) is 0 Å². The summed E-state index contributed by atoms with van der Waals surface area (Å²) < 4.78 is 35.4. The fourth-order valence-electron chi connectivity index (χ4n) is 7.98. The molecule has 2 aliphatic heterocycles. The van der Waals surface area contributed by atoms with Crippen LogP contribution in [-0.4, -0.2) is 45.7 Å². The first kappa shape index (κ1) is 43.3. The number of carbonyl (C=O) groups is 4. The highest BCUT2D eigenvalue weighted by Crippen LogP contribution is 2.42. The maximum Gasteiger partial charge on any atom is 0.344 e. The monoisotopic (exact) mass is 788 g/mol. The Balaban J connectivity index is 1.32. The molecule has 3 atom stereocenters. The second-order valence-corrected chi connectivity index (χ2v) is 16.1. The van der Waals surface area contributed by atoms with Crippen molar-refractivity contribution < 1.29 is 32.7 Å². The SMILES string of the molecule is CCCCCCCCCCCCCC(=O)NCc1ccccc1C(=O)Oc1c2n(cc(C(=O)NCc3ccc(F)cc3F)c1=O)C1(C)CN(C2=O)C(C)CCC1C. The molecule has 2 N–H and O–H groups in total. The number of halogens is 2. The molecule has 308 valence electrons. The molecule has 1 fully saturated rings. The highest BCUT2D eigenvalue weighted by Gasteiger charge is 2.48. The van der Waals surface area contributed by atoms with Crippen molar-refractivity contribution in [1.82, 2.24) is 20.1 Å². The van der Waals surface area contributed by atoms with Gasteiger partial charge in [0.1, 0.15) is 17.2 Å². The van der Waals surface area contributed by atoms with Gasteiger partial charge in [-0.25, -0.2) is 13.6 Å². The lowest BCUT2D eigenvalue weighted by atomic mass is 9.82. The van der Waals surface area contributed by atoms with Crippen LogP contribution in [0.15, 0.2) is 53.5 Å². The van der Waals surface area contributed by atoms with Crippen LogP contribution in [0.4, 0.5) is 8.78 Å². The highest BCUT2D eigenvalue weighted by molar-refractivity contribution is 6.01. The Bertz CT molecular complexity index is 1980. The zero-order chi connectivity index (χ0) is 41.1. The lowest BCUT2D eigenvalue weighted by Crippen LogP contribution is -2.56. The van der Waals surface area contributed by atoms with Gasteiger partial charge >= 0.3 is 5.97 Å². The third-order valence-corrected chi connectivity index (χ3v) is 11.9. The molecule has 1 aromatic heterocycles. The van der Waals surface area contributed by atoms with E-state index in [1.165, 1.54) is 69.7 Å². The van der Waals surface area contributed by atoms with Crippen LogP contribution in [0.1, 0.15) is 160 Å². The number of benzene rings is 2. The molecule has 12 heteroatoms. The maximum atomic E-state index is 14.4. The Morgan fingerprint density at radius 1 is 0.825 bits per heavy atom. The number of fused-ring (bicyclic) bond motifs is 4. The second kappa shape index (κ2) is 20.0. The van der Waals surface area contributed by atoms with E-state index >= 15 is 0 Å². The lowest BCUT2D eigenvalue weighted by molar-refractivity contribution is -0.121. The number of amides is 3. The summed E-state index contributed by atoms with van der Waals surface area (Å²) in [7, 11) is 0. The summed E-state index contributed by atoms with van der Waals surface area (Å²) >= 11 is 0. The number of hydrogen-bond donors (Lipinski definition) is 2. The largest absolute Gasteiger partial charge is 0.416 e. The van der Waals surface area contributed by atoms with Crippen molar-refractivity contribution in [2.24, 2.45) is 5.92 Å². The summed E-state index contributed by atoms with van der Waals surface area (Å²) in [6.45, 7) is 8.14. The topological polar surface area (TPSA) is 127 Å². The first-order chi connectivity index (χ1) is 27.3. The average Bonchev–Trinajstić information content (AvgIpc) is 3.29. The number of esters is 1. The van der Waals surface area contributed by atoms with Crippen molar-refractivity contribution in [1.29, 1.82) is 0 Å². The van der Waals surface area contributed by atoms with E-state index < -0.39 is 51.7 Å². The zero-order valence-electron chi connectivity index (χ0n) is 33.9. The third kappa shape index (κ3) is 10.6. The van der Waals surface area contributed by atoms with Crippen molar-refractivity contribution in [3.63, 3.8) is 0 Å². The Morgan fingerprint density at radius 3 is 2.16 bits per heavy atom. The fourth-order valence-corrected chi connectivity index (χ4v) is 7.98. The van der Waals surface area contributed by atoms with Crippen LogP contribution in [0.3, 0.4) is 0 Å². The second-order valence-electron chi connectivity index (χ2n) is 16.1. The summed E-state index contributed by atoms with van der Waals surface area (Å²) in [5, 5.41) is 5.42. The predicted molar refractivity (Wildman–Crippen MR) is 215 cm³/mol. The number of rotatable bonds is 19. The van der Waals surface area contributed by atoms with Gasteiger partial charge in [0.15, 0.2) is 5.69 Å². The van der Waals surface area contributed by atoms with Gasteiger partial charge in [-0.3, -0.25) is 19.2 Å². The molecule has 3 unspecified atom stereocenters. The minimum Gasteiger partial charge on any atom is -0.416 e. The molecule has 0 saturated carbocycles. The Hall–Kier alpha value is -4.87. The number of nitrogens with zero attached hydrogens (tertiary/aromatic N) is 2. The predicted octanol–water partition coefficient (Wildman–Crippen LogP) is 8.58. The molecule has 2 aromatic carbocycles. The minimum absolute atomic E-state index is 0.00104. The molecule has 5 rings (SSSR count). The van der Waals surface area contributed by atoms with E-state index in [1.54, 1.807) is 27.7 Å². The molecule has 1 saturated heterocycles. The summed E-state index contributed by atoms with van der Waals surface area (Å²) in [5.74, 6) is -4.69. The first-order valence-electron chi connectivity index (χ1n) is 20.8. The maximum absolute atomic E-state index is 14.4. The number of aromatic nitrogens is 1. The molecule has 3 amide bonds. The molecular weight excluding hydrogens is 731 g/mol. The Labute approximate surface area is 334 Å². The summed E-state index contributed by atoms with van der Waals surface area (Å²) in [6, 6.07) is 9.34. The molecule has 0 aliphatic carbocycles. The Morgan fingerprint density at radius 2 is 1.47 bits per heavy atom. The van der Waals surface area contributed by atoms with Gasteiger partial charge in [-0.15, -0.1) is 0 Å². The van der Waals surface area contributed by atoms with Crippen molar-refractivity contribution in [2.75, 3.05) is 6.54 Å². The van der Waals surface area contributed by atoms with Crippen molar-refractivity contribution >= 4 is 23.7 Å². The first-order valence-corrected chi connectivity index (χ1v) is 20.8. The number of carbonyl (C=O) groups excluding carboxylic acids is 4. The number of ether oxygens (including phenoxy) is 1. The van der Waals surface area contributed by atoms with E-state index in [4.69, 9.17) is 4.74 Å². The van der Waals surface area contributed by atoms with Crippen LogP contribution >= 0.6 is 0 Å². The van der Waals surface area contributed by atoms with Crippen LogP contribution in [-0.2, 0) is 23.4 Å². The van der Waals surface area contributed by atoms with Gasteiger partial charge < -0.3 is 24.8 Å². The van der Waals surface area contributed by atoms with Crippen LogP contribution < -0.4 is 20.8 Å². The van der Waals surface area contributed by atoms with Gasteiger partial charge in [0.05, 0.1) is 11.1 Å². The van der Waals surface area contributed by atoms with Gasteiger partial charge in [-0.1, -0.05) is 102 Å². The summed E-state index contributed by atoms with van der Waals surface area (Å²) in [4.78, 5) is 70.6. The summed E-state index contributed by atoms with van der Waals surface area (Å²) in [5.41, 5.74) is -1.77. The zero-order valence-corrected chi connectivity index (χ0v) is 33.9. The van der Waals surface area contributed by atoms with Crippen molar-refractivity contribution in [3.8, 4) is 5.75 Å². The smallest absolute Gasteiger partial charge is 0.344 e. The van der Waals surface area contributed by atoms with Gasteiger partial charge in [-0.2, -0.15) is 0 Å². The van der Waals surface area contributed by atoms with Crippen molar-refractivity contribution in [3.05, 3.63) is 98.5 Å². The lowest BCUT2D eigenvalue weighted by Gasteiger charge is -2.46. The van der Waals surface area contributed by atoms with Crippen LogP contribution in [0, 0.1) is 17.6 Å². The third-order valence-electron chi connectivity index (χ3n) is 11.9. The number of pyridine rings is 1. The molecular formula is C45H58F2N4O6. The average molecular weight is 789 g/mol. The van der Waals surface area contributed by atoms with Gasteiger partial charge in [0.2, 0.25) is 17.1 Å². The molecule has 57 heavy (non-hydrogen) atoms. The molecule has 0 radical (unpaired) electrons. The van der Waals surface area contributed by atoms with Gasteiger partial charge in [-0.05, 0) is 56.7 Å². The van der Waals surface area contributed by atoms with E-state index in [0.29, 0.717) is 31.0 Å². The van der Waals surface area contributed by atoms with Crippen LogP contribution in [0.5, 0.6) is 5.75 Å². The van der Waals surface area contributed by atoms with E-state index in [-0.39, 0.29) is 47.8 Å². The number of nitrogens with one attached hydrogen (secondary N) is 2. The molecule has 3 heterocycles. The molecule has 10 nitrogen and oxygen atoms in total. The normalized spacial score (nSPS) is 18.8. The molecule has 2 bridgehead atoms.